The summed E-state index contributed by atoms with van der Waals surface area (Å²) in [7, 11) is 0. The molecule has 0 unspecified atom stereocenters. The van der Waals surface area contributed by atoms with Gasteiger partial charge in [-0.05, 0) is 48.9 Å². The van der Waals surface area contributed by atoms with Gasteiger partial charge in [-0.15, -0.1) is 0 Å². The van der Waals surface area contributed by atoms with Crippen molar-refractivity contribution in [2.75, 3.05) is 11.9 Å². The van der Waals surface area contributed by atoms with E-state index < -0.39 is 6.16 Å². The third-order valence-corrected chi connectivity index (χ3v) is 3.48. The molecule has 0 saturated carbocycles. The summed E-state index contributed by atoms with van der Waals surface area (Å²) in [5, 5.41) is 5.47. The Hall–Kier alpha value is -3.61. The quantitative estimate of drug-likeness (QED) is 0.444. The first-order valence-corrected chi connectivity index (χ1v) is 8.27. The normalized spacial score (nSPS) is 9.81. The van der Waals surface area contributed by atoms with Crippen LogP contribution in [0.2, 0.25) is 0 Å². The molecule has 0 bridgehead atoms. The van der Waals surface area contributed by atoms with Gasteiger partial charge in [-0.2, -0.15) is 0 Å². The summed E-state index contributed by atoms with van der Waals surface area (Å²) in [6.07, 6.45) is 0.378. The third-order valence-electron chi connectivity index (χ3n) is 3.48. The maximum atomic E-state index is 12.3. The number of anilines is 1. The van der Waals surface area contributed by atoms with Crippen LogP contribution in [0.25, 0.3) is 0 Å². The second-order valence-corrected chi connectivity index (χ2v) is 5.34. The Labute approximate surface area is 157 Å². The summed E-state index contributed by atoms with van der Waals surface area (Å²) in [5.41, 5.74) is 1.75. The van der Waals surface area contributed by atoms with Crippen LogP contribution in [0.3, 0.4) is 0 Å². The van der Waals surface area contributed by atoms with Crippen molar-refractivity contribution in [3.05, 3.63) is 72.3 Å². The summed E-state index contributed by atoms with van der Waals surface area (Å²) in [6, 6.07) is 13.2. The van der Waals surface area contributed by atoms with E-state index in [1.165, 1.54) is 30.3 Å². The van der Waals surface area contributed by atoms with E-state index >= 15 is 0 Å². The molecule has 2 rings (SSSR count). The van der Waals surface area contributed by atoms with Gasteiger partial charge in [0.2, 0.25) is 5.91 Å². The van der Waals surface area contributed by atoms with Crippen LogP contribution in [-0.4, -0.2) is 24.6 Å². The average molecular weight is 368 g/mol. The van der Waals surface area contributed by atoms with Crippen molar-refractivity contribution in [3.8, 4) is 5.75 Å². The predicted molar refractivity (Wildman–Crippen MR) is 101 cm³/mol. The predicted octanol–water partition coefficient (Wildman–Crippen LogP) is 3.28. The van der Waals surface area contributed by atoms with E-state index in [9.17, 15) is 14.4 Å². The number of amides is 2. The summed E-state index contributed by atoms with van der Waals surface area (Å²) in [5.74, 6) is -0.351. The molecule has 0 aliphatic rings. The molecular formula is C20H20N2O5. The summed E-state index contributed by atoms with van der Waals surface area (Å²) >= 11 is 0. The van der Waals surface area contributed by atoms with Gasteiger partial charge in [0, 0.05) is 17.8 Å². The van der Waals surface area contributed by atoms with Gasteiger partial charge in [0.15, 0.2) is 0 Å². The molecule has 2 aromatic rings. The number of carbonyl (C=O) groups excluding carboxylic acids is 3. The van der Waals surface area contributed by atoms with E-state index in [4.69, 9.17) is 4.74 Å². The highest BCUT2D eigenvalue weighted by atomic mass is 16.7. The average Bonchev–Trinajstić information content (AvgIpc) is 2.67. The smallest absolute Gasteiger partial charge is 0.434 e. The minimum absolute atomic E-state index is 0.216. The molecule has 0 aliphatic heterocycles. The van der Waals surface area contributed by atoms with Gasteiger partial charge in [-0.1, -0.05) is 24.8 Å². The van der Waals surface area contributed by atoms with E-state index in [1.807, 2.05) is 6.07 Å². The largest absolute Gasteiger partial charge is 0.513 e. The number of rotatable bonds is 7. The van der Waals surface area contributed by atoms with Crippen LogP contribution in [0.5, 0.6) is 5.75 Å². The first-order valence-electron chi connectivity index (χ1n) is 8.27. The van der Waals surface area contributed by atoms with Gasteiger partial charge in [-0.25, -0.2) is 4.79 Å². The van der Waals surface area contributed by atoms with Crippen molar-refractivity contribution in [1.82, 2.24) is 5.32 Å². The molecule has 2 N–H and O–H groups in total. The highest BCUT2D eigenvalue weighted by Gasteiger charge is 2.10. The Morgan fingerprint density at radius 2 is 1.78 bits per heavy atom. The van der Waals surface area contributed by atoms with E-state index in [0.717, 1.165) is 5.56 Å². The van der Waals surface area contributed by atoms with Crippen LogP contribution < -0.4 is 15.4 Å². The zero-order valence-corrected chi connectivity index (χ0v) is 14.9. The molecule has 2 amide bonds. The minimum atomic E-state index is -0.798. The molecule has 0 spiro atoms. The SMILES string of the molecule is C=CC(=O)Nc1ccccc1CNC(=O)c1ccc(OC(=O)OCC)cc1. The van der Waals surface area contributed by atoms with Gasteiger partial charge in [0.25, 0.3) is 5.91 Å². The number of benzene rings is 2. The number of ether oxygens (including phenoxy) is 2. The fraction of sp³-hybridized carbons (Fsp3) is 0.150. The molecule has 0 aromatic heterocycles. The van der Waals surface area contributed by atoms with Crippen LogP contribution in [0.4, 0.5) is 10.5 Å². The molecule has 0 fully saturated rings. The Morgan fingerprint density at radius 1 is 1.07 bits per heavy atom. The van der Waals surface area contributed by atoms with Gasteiger partial charge < -0.3 is 20.1 Å². The summed E-state index contributed by atoms with van der Waals surface area (Å²) < 4.78 is 9.62. The highest BCUT2D eigenvalue weighted by Crippen LogP contribution is 2.16. The molecule has 0 saturated heterocycles. The Balaban J connectivity index is 1.97. The van der Waals surface area contributed by atoms with Gasteiger partial charge in [-0.3, -0.25) is 9.59 Å². The van der Waals surface area contributed by atoms with Crippen LogP contribution in [-0.2, 0) is 16.1 Å². The molecule has 140 valence electrons. The van der Waals surface area contributed by atoms with Crippen LogP contribution in [0.15, 0.2) is 61.2 Å². The van der Waals surface area contributed by atoms with Crippen molar-refractivity contribution in [2.24, 2.45) is 0 Å². The number of hydrogen-bond donors (Lipinski definition) is 2. The molecule has 0 atom stereocenters. The van der Waals surface area contributed by atoms with Gasteiger partial charge >= 0.3 is 6.16 Å². The Morgan fingerprint density at radius 3 is 2.44 bits per heavy atom. The first-order chi connectivity index (χ1) is 13.0. The Bertz CT molecular complexity index is 831. The van der Waals surface area contributed by atoms with Crippen molar-refractivity contribution < 1.29 is 23.9 Å². The third kappa shape index (κ3) is 6.00. The van der Waals surface area contributed by atoms with Crippen LogP contribution in [0, 0.1) is 0 Å². The van der Waals surface area contributed by atoms with Gasteiger partial charge in [0.05, 0.1) is 6.61 Å². The lowest BCUT2D eigenvalue weighted by Gasteiger charge is -2.11. The summed E-state index contributed by atoms with van der Waals surface area (Å²) in [6.45, 7) is 5.54. The lowest BCUT2D eigenvalue weighted by Crippen LogP contribution is -2.23. The van der Waals surface area contributed by atoms with Crippen molar-refractivity contribution in [3.63, 3.8) is 0 Å². The van der Waals surface area contributed by atoms with E-state index in [-0.39, 0.29) is 30.7 Å². The molecule has 0 radical (unpaired) electrons. The van der Waals surface area contributed by atoms with E-state index in [1.54, 1.807) is 25.1 Å². The summed E-state index contributed by atoms with van der Waals surface area (Å²) in [4.78, 5) is 35.0. The number of carbonyl (C=O) groups is 3. The number of nitrogens with one attached hydrogen (secondary N) is 2. The lowest BCUT2D eigenvalue weighted by molar-refractivity contribution is -0.111. The van der Waals surface area contributed by atoms with Crippen LogP contribution in [0.1, 0.15) is 22.8 Å². The second kappa shape index (κ2) is 9.76. The molecular weight excluding hydrogens is 348 g/mol. The first kappa shape index (κ1) is 19.7. The zero-order valence-electron chi connectivity index (χ0n) is 14.9. The monoisotopic (exact) mass is 368 g/mol. The fourth-order valence-electron chi connectivity index (χ4n) is 2.18. The van der Waals surface area contributed by atoms with Crippen molar-refractivity contribution in [2.45, 2.75) is 13.5 Å². The maximum absolute atomic E-state index is 12.3. The topological polar surface area (TPSA) is 93.7 Å². The molecule has 0 aliphatic carbocycles. The molecule has 27 heavy (non-hydrogen) atoms. The highest BCUT2D eigenvalue weighted by molar-refractivity contribution is 5.99. The number of hydrogen-bond acceptors (Lipinski definition) is 5. The van der Waals surface area contributed by atoms with Gasteiger partial charge in [0.1, 0.15) is 5.75 Å². The Kier molecular flexibility index (Phi) is 7.13. The standard InChI is InChI=1S/C20H20N2O5/c1-3-18(23)22-17-8-6-5-7-15(17)13-21-19(24)14-9-11-16(12-10-14)27-20(25)26-4-2/h3,5-12H,1,4,13H2,2H3,(H,21,24)(H,22,23). The van der Waals surface area contributed by atoms with E-state index in [2.05, 4.69) is 21.9 Å². The minimum Gasteiger partial charge on any atom is -0.434 e. The zero-order chi connectivity index (χ0) is 19.6. The molecule has 7 nitrogen and oxygen atoms in total. The molecule has 2 aromatic carbocycles. The number of para-hydroxylation sites is 1. The lowest BCUT2D eigenvalue weighted by atomic mass is 10.1. The second-order valence-electron chi connectivity index (χ2n) is 5.34. The van der Waals surface area contributed by atoms with Crippen molar-refractivity contribution >= 4 is 23.7 Å². The van der Waals surface area contributed by atoms with Crippen molar-refractivity contribution in [1.29, 1.82) is 0 Å². The molecule has 7 heteroatoms. The van der Waals surface area contributed by atoms with E-state index in [0.29, 0.717) is 11.3 Å². The molecule has 0 heterocycles. The fourth-order valence-corrected chi connectivity index (χ4v) is 2.18. The maximum Gasteiger partial charge on any atom is 0.513 e. The van der Waals surface area contributed by atoms with Crippen LogP contribution >= 0.6 is 0 Å².